The van der Waals surface area contributed by atoms with Gasteiger partial charge in [-0.3, -0.25) is 0 Å². The van der Waals surface area contributed by atoms with Crippen LogP contribution in [0.15, 0.2) is 36.4 Å². The lowest BCUT2D eigenvalue weighted by Crippen LogP contribution is -2.03. The second-order valence-corrected chi connectivity index (χ2v) is 4.77. The first-order valence-corrected chi connectivity index (χ1v) is 6.20. The fraction of sp³-hybridized carbons (Fsp3) is 0.200. The van der Waals surface area contributed by atoms with Gasteiger partial charge >= 0.3 is 0 Å². The summed E-state index contributed by atoms with van der Waals surface area (Å²) in [4.78, 5) is 0. The largest absolute Gasteiger partial charge is 0.381 e. The van der Waals surface area contributed by atoms with Gasteiger partial charge in [-0.15, -0.1) is 0 Å². The molecule has 2 rings (SSSR count). The van der Waals surface area contributed by atoms with Gasteiger partial charge in [0.25, 0.3) is 0 Å². The quantitative estimate of drug-likeness (QED) is 0.846. The van der Waals surface area contributed by atoms with E-state index in [1.165, 1.54) is 6.07 Å². The molecule has 0 amide bonds. The maximum atomic E-state index is 13.6. The Hall–Kier alpha value is -1.54. The lowest BCUT2D eigenvalue weighted by Gasteiger charge is -2.11. The van der Waals surface area contributed by atoms with Crippen LogP contribution in [-0.2, 0) is 6.54 Å². The Morgan fingerprint density at radius 2 is 1.94 bits per heavy atom. The van der Waals surface area contributed by atoms with E-state index in [-0.39, 0.29) is 5.82 Å². The lowest BCUT2D eigenvalue weighted by atomic mass is 10.1. The highest BCUT2D eigenvalue weighted by molar-refractivity contribution is 6.31. The van der Waals surface area contributed by atoms with Crippen molar-refractivity contribution in [3.8, 4) is 0 Å². The minimum atomic E-state index is -0.187. The number of benzene rings is 2. The molecule has 0 aliphatic carbocycles. The number of halogens is 2. The molecular formula is C15H15ClFN. The summed E-state index contributed by atoms with van der Waals surface area (Å²) >= 11 is 6.04. The van der Waals surface area contributed by atoms with E-state index in [1.54, 1.807) is 6.07 Å². The van der Waals surface area contributed by atoms with Gasteiger partial charge in [0.2, 0.25) is 0 Å². The fourth-order valence-electron chi connectivity index (χ4n) is 1.83. The molecule has 1 nitrogen and oxygen atoms in total. The van der Waals surface area contributed by atoms with E-state index in [0.717, 1.165) is 16.8 Å². The summed E-state index contributed by atoms with van der Waals surface area (Å²) in [5, 5.41) is 3.93. The summed E-state index contributed by atoms with van der Waals surface area (Å²) in [6, 6.07) is 10.8. The highest BCUT2D eigenvalue weighted by atomic mass is 35.5. The summed E-state index contributed by atoms with van der Waals surface area (Å²) < 4.78 is 13.6. The van der Waals surface area contributed by atoms with Crippen molar-refractivity contribution in [3.63, 3.8) is 0 Å². The van der Waals surface area contributed by atoms with Crippen LogP contribution >= 0.6 is 11.6 Å². The first-order valence-electron chi connectivity index (χ1n) is 5.82. The van der Waals surface area contributed by atoms with E-state index in [9.17, 15) is 4.39 Å². The van der Waals surface area contributed by atoms with Crippen molar-refractivity contribution in [2.45, 2.75) is 20.4 Å². The molecule has 1 N–H and O–H groups in total. The van der Waals surface area contributed by atoms with E-state index in [1.807, 2.05) is 38.1 Å². The van der Waals surface area contributed by atoms with Crippen molar-refractivity contribution in [1.82, 2.24) is 0 Å². The number of aryl methyl sites for hydroxylation is 1. The zero-order valence-electron chi connectivity index (χ0n) is 10.4. The van der Waals surface area contributed by atoms with Gasteiger partial charge in [0, 0.05) is 22.8 Å². The molecule has 0 spiro atoms. The summed E-state index contributed by atoms with van der Waals surface area (Å²) in [5.74, 6) is -0.187. The SMILES string of the molecule is Cc1ccc(F)c(CNc2cccc(Cl)c2C)c1. The van der Waals surface area contributed by atoms with Gasteiger partial charge in [0.1, 0.15) is 5.82 Å². The van der Waals surface area contributed by atoms with Crippen molar-refractivity contribution in [3.05, 3.63) is 63.9 Å². The zero-order valence-corrected chi connectivity index (χ0v) is 11.2. The van der Waals surface area contributed by atoms with Crippen molar-refractivity contribution < 1.29 is 4.39 Å². The molecular weight excluding hydrogens is 249 g/mol. The summed E-state index contributed by atoms with van der Waals surface area (Å²) in [6.45, 7) is 4.35. The van der Waals surface area contributed by atoms with Gasteiger partial charge in [-0.05, 0) is 37.6 Å². The third-order valence-electron chi connectivity index (χ3n) is 2.94. The predicted octanol–water partition coefficient (Wildman–Crippen LogP) is 4.71. The fourth-order valence-corrected chi connectivity index (χ4v) is 2.00. The second kappa shape index (κ2) is 5.40. The molecule has 94 valence electrons. The zero-order chi connectivity index (χ0) is 13.1. The minimum Gasteiger partial charge on any atom is -0.381 e. The maximum Gasteiger partial charge on any atom is 0.128 e. The molecule has 0 aliphatic heterocycles. The van der Waals surface area contributed by atoms with Crippen LogP contribution in [0, 0.1) is 19.7 Å². The smallest absolute Gasteiger partial charge is 0.128 e. The average molecular weight is 264 g/mol. The molecule has 0 radical (unpaired) electrons. The molecule has 0 aromatic heterocycles. The Kier molecular flexibility index (Phi) is 3.87. The third-order valence-corrected chi connectivity index (χ3v) is 3.35. The molecule has 0 heterocycles. The Labute approximate surface area is 112 Å². The van der Waals surface area contributed by atoms with Gasteiger partial charge in [0.15, 0.2) is 0 Å². The Morgan fingerprint density at radius 3 is 2.72 bits per heavy atom. The molecule has 0 aliphatic rings. The van der Waals surface area contributed by atoms with Crippen LogP contribution in [-0.4, -0.2) is 0 Å². The van der Waals surface area contributed by atoms with Crippen LogP contribution in [0.1, 0.15) is 16.7 Å². The van der Waals surface area contributed by atoms with Crippen LogP contribution in [0.25, 0.3) is 0 Å². The third kappa shape index (κ3) is 2.82. The highest BCUT2D eigenvalue weighted by Gasteiger charge is 2.04. The van der Waals surface area contributed by atoms with Gasteiger partial charge in [-0.25, -0.2) is 4.39 Å². The van der Waals surface area contributed by atoms with Gasteiger partial charge in [-0.1, -0.05) is 35.4 Å². The monoisotopic (exact) mass is 263 g/mol. The number of hydrogen-bond acceptors (Lipinski definition) is 1. The van der Waals surface area contributed by atoms with Crippen molar-refractivity contribution in [2.24, 2.45) is 0 Å². The minimum absolute atomic E-state index is 0.187. The standard InChI is InChI=1S/C15H15ClFN/c1-10-6-7-14(17)12(8-10)9-18-15-5-3-4-13(16)11(15)2/h3-8,18H,9H2,1-2H3. The first kappa shape index (κ1) is 12.9. The summed E-state index contributed by atoms with van der Waals surface area (Å²) in [5.41, 5.74) is 3.63. The lowest BCUT2D eigenvalue weighted by molar-refractivity contribution is 0.612. The molecule has 2 aromatic rings. The average Bonchev–Trinajstić information content (AvgIpc) is 2.35. The normalized spacial score (nSPS) is 10.4. The van der Waals surface area contributed by atoms with Gasteiger partial charge in [-0.2, -0.15) is 0 Å². The molecule has 18 heavy (non-hydrogen) atoms. The van der Waals surface area contributed by atoms with E-state index in [0.29, 0.717) is 17.1 Å². The number of rotatable bonds is 3. The molecule has 0 fully saturated rings. The molecule has 0 unspecified atom stereocenters. The Bertz CT molecular complexity index is 564. The van der Waals surface area contributed by atoms with Crippen LogP contribution < -0.4 is 5.32 Å². The van der Waals surface area contributed by atoms with E-state index in [2.05, 4.69) is 5.32 Å². The van der Waals surface area contributed by atoms with Crippen molar-refractivity contribution in [2.75, 3.05) is 5.32 Å². The van der Waals surface area contributed by atoms with Crippen LogP contribution in [0.5, 0.6) is 0 Å². The van der Waals surface area contributed by atoms with Crippen LogP contribution in [0.3, 0.4) is 0 Å². The van der Waals surface area contributed by atoms with Gasteiger partial charge in [0.05, 0.1) is 0 Å². The Balaban J connectivity index is 2.16. The molecule has 3 heteroatoms. The topological polar surface area (TPSA) is 12.0 Å². The summed E-state index contributed by atoms with van der Waals surface area (Å²) in [6.07, 6.45) is 0. The van der Waals surface area contributed by atoms with E-state index < -0.39 is 0 Å². The summed E-state index contributed by atoms with van der Waals surface area (Å²) in [7, 11) is 0. The molecule has 2 aromatic carbocycles. The van der Waals surface area contributed by atoms with Crippen molar-refractivity contribution >= 4 is 17.3 Å². The number of nitrogens with one attached hydrogen (secondary N) is 1. The molecule has 0 saturated carbocycles. The number of anilines is 1. The van der Waals surface area contributed by atoms with Crippen molar-refractivity contribution in [1.29, 1.82) is 0 Å². The maximum absolute atomic E-state index is 13.6. The first-order chi connectivity index (χ1) is 8.58. The van der Waals surface area contributed by atoms with E-state index in [4.69, 9.17) is 11.6 Å². The van der Waals surface area contributed by atoms with Gasteiger partial charge < -0.3 is 5.32 Å². The molecule has 0 bridgehead atoms. The van der Waals surface area contributed by atoms with E-state index >= 15 is 0 Å². The molecule has 0 saturated heterocycles. The molecule has 0 atom stereocenters. The Morgan fingerprint density at radius 1 is 1.17 bits per heavy atom. The predicted molar refractivity (Wildman–Crippen MR) is 74.7 cm³/mol. The van der Waals surface area contributed by atoms with Crippen LogP contribution in [0.2, 0.25) is 5.02 Å². The van der Waals surface area contributed by atoms with Crippen LogP contribution in [0.4, 0.5) is 10.1 Å². The second-order valence-electron chi connectivity index (χ2n) is 4.36. The highest BCUT2D eigenvalue weighted by Crippen LogP contribution is 2.23. The number of hydrogen-bond donors (Lipinski definition) is 1.